The number of rotatable bonds is 4. The topological polar surface area (TPSA) is 82.0 Å². The van der Waals surface area contributed by atoms with Gasteiger partial charge in [-0.2, -0.15) is 0 Å². The van der Waals surface area contributed by atoms with E-state index < -0.39 is 6.10 Å². The van der Waals surface area contributed by atoms with Gasteiger partial charge in [0.2, 0.25) is 5.75 Å². The van der Waals surface area contributed by atoms with Crippen LogP contribution in [0.15, 0.2) is 12.1 Å². The molecule has 0 aliphatic rings. The van der Waals surface area contributed by atoms with Crippen molar-refractivity contribution in [2.45, 2.75) is 6.10 Å². The number of nitrogens with one attached hydrogen (secondary N) is 1. The molecule has 0 aliphatic heterocycles. The predicted octanol–water partition coefficient (Wildman–Crippen LogP) is 0.359. The molecule has 0 amide bonds. The monoisotopic (exact) mass is 213 g/mol. The van der Waals surface area contributed by atoms with Gasteiger partial charge in [0.15, 0.2) is 11.5 Å². The molecular weight excluding hydrogens is 198 g/mol. The van der Waals surface area contributed by atoms with E-state index in [0.717, 1.165) is 0 Å². The molecule has 0 fully saturated rings. The molecule has 0 aliphatic carbocycles. The third-order valence-electron chi connectivity index (χ3n) is 2.06. The Morgan fingerprint density at radius 1 is 1.33 bits per heavy atom. The van der Waals surface area contributed by atoms with E-state index in [0.29, 0.717) is 12.1 Å². The summed E-state index contributed by atoms with van der Waals surface area (Å²) in [4.78, 5) is 0. The number of methoxy groups -OCH3 is 1. The van der Waals surface area contributed by atoms with Crippen LogP contribution in [-0.2, 0) is 0 Å². The van der Waals surface area contributed by atoms with E-state index in [1.165, 1.54) is 19.2 Å². The first-order valence-electron chi connectivity index (χ1n) is 4.52. The maximum absolute atomic E-state index is 9.61. The molecular formula is C10H15NO4. The molecule has 0 saturated carbocycles. The first kappa shape index (κ1) is 11.6. The Morgan fingerprint density at radius 2 is 1.87 bits per heavy atom. The minimum Gasteiger partial charge on any atom is -0.504 e. The number of hydrogen-bond acceptors (Lipinski definition) is 5. The predicted molar refractivity (Wildman–Crippen MR) is 55.2 cm³/mol. The lowest BCUT2D eigenvalue weighted by atomic mass is 10.1. The standard InChI is InChI=1S/C10H15NO4/c1-11-5-9(14)6-3-7(12)10(15-2)8(13)4-6/h3-4,9,11-14H,5H2,1-2H3/t9-/m0/s1. The van der Waals surface area contributed by atoms with E-state index in [2.05, 4.69) is 5.32 Å². The summed E-state index contributed by atoms with van der Waals surface area (Å²) in [6, 6.07) is 2.72. The number of ether oxygens (including phenoxy) is 1. The van der Waals surface area contributed by atoms with Crippen LogP contribution in [0.4, 0.5) is 0 Å². The number of phenols is 2. The lowest BCUT2D eigenvalue weighted by molar-refractivity contribution is 0.176. The molecule has 0 saturated heterocycles. The number of aliphatic hydroxyl groups excluding tert-OH is 1. The van der Waals surface area contributed by atoms with Crippen molar-refractivity contribution in [1.82, 2.24) is 5.32 Å². The van der Waals surface area contributed by atoms with Crippen molar-refractivity contribution in [3.05, 3.63) is 17.7 Å². The van der Waals surface area contributed by atoms with Gasteiger partial charge in [-0.25, -0.2) is 0 Å². The molecule has 1 rings (SSSR count). The van der Waals surface area contributed by atoms with E-state index >= 15 is 0 Å². The number of likely N-dealkylation sites (N-methyl/N-ethyl adjacent to an activating group) is 1. The maximum atomic E-state index is 9.61. The van der Waals surface area contributed by atoms with Crippen LogP contribution in [0.5, 0.6) is 17.2 Å². The van der Waals surface area contributed by atoms with Crippen LogP contribution in [0.3, 0.4) is 0 Å². The van der Waals surface area contributed by atoms with E-state index in [-0.39, 0.29) is 17.2 Å². The fraction of sp³-hybridized carbons (Fsp3) is 0.400. The fourth-order valence-corrected chi connectivity index (χ4v) is 1.33. The Morgan fingerprint density at radius 3 is 2.27 bits per heavy atom. The van der Waals surface area contributed by atoms with E-state index in [1.54, 1.807) is 7.05 Å². The Bertz CT molecular complexity index is 317. The van der Waals surface area contributed by atoms with Crippen LogP contribution in [-0.4, -0.2) is 36.0 Å². The van der Waals surface area contributed by atoms with Gasteiger partial charge in [-0.1, -0.05) is 0 Å². The second-order valence-electron chi connectivity index (χ2n) is 3.17. The van der Waals surface area contributed by atoms with Crippen molar-refractivity contribution in [3.63, 3.8) is 0 Å². The molecule has 5 nitrogen and oxygen atoms in total. The molecule has 0 unspecified atom stereocenters. The van der Waals surface area contributed by atoms with E-state index in [4.69, 9.17) is 4.74 Å². The van der Waals surface area contributed by atoms with Crippen LogP contribution in [0.1, 0.15) is 11.7 Å². The van der Waals surface area contributed by atoms with Gasteiger partial charge < -0.3 is 25.4 Å². The van der Waals surface area contributed by atoms with Crippen LogP contribution >= 0.6 is 0 Å². The molecule has 0 aromatic heterocycles. The Labute approximate surface area is 87.9 Å². The fourth-order valence-electron chi connectivity index (χ4n) is 1.33. The van der Waals surface area contributed by atoms with Gasteiger partial charge in [-0.15, -0.1) is 0 Å². The van der Waals surface area contributed by atoms with Crippen molar-refractivity contribution in [2.75, 3.05) is 20.7 Å². The van der Waals surface area contributed by atoms with Gasteiger partial charge in [0.25, 0.3) is 0 Å². The summed E-state index contributed by atoms with van der Waals surface area (Å²) < 4.78 is 4.77. The highest BCUT2D eigenvalue weighted by Crippen LogP contribution is 2.37. The molecule has 1 aromatic carbocycles. The molecule has 0 bridgehead atoms. The zero-order valence-electron chi connectivity index (χ0n) is 8.69. The quantitative estimate of drug-likeness (QED) is 0.580. The summed E-state index contributed by atoms with van der Waals surface area (Å²) >= 11 is 0. The van der Waals surface area contributed by atoms with Gasteiger partial charge in [-0.05, 0) is 24.7 Å². The molecule has 84 valence electrons. The molecule has 1 aromatic rings. The van der Waals surface area contributed by atoms with Crippen molar-refractivity contribution in [1.29, 1.82) is 0 Å². The van der Waals surface area contributed by atoms with Crippen molar-refractivity contribution in [2.24, 2.45) is 0 Å². The minimum atomic E-state index is -0.780. The molecule has 1 atom stereocenters. The Balaban J connectivity index is 3.02. The number of benzene rings is 1. The van der Waals surface area contributed by atoms with Gasteiger partial charge in [0.05, 0.1) is 13.2 Å². The van der Waals surface area contributed by atoms with Gasteiger partial charge in [0.1, 0.15) is 0 Å². The maximum Gasteiger partial charge on any atom is 0.202 e. The van der Waals surface area contributed by atoms with Crippen LogP contribution in [0, 0.1) is 0 Å². The van der Waals surface area contributed by atoms with Crippen LogP contribution < -0.4 is 10.1 Å². The van der Waals surface area contributed by atoms with E-state index in [1.807, 2.05) is 0 Å². The first-order valence-corrected chi connectivity index (χ1v) is 4.52. The molecule has 15 heavy (non-hydrogen) atoms. The van der Waals surface area contributed by atoms with Crippen LogP contribution in [0.25, 0.3) is 0 Å². The number of hydrogen-bond donors (Lipinski definition) is 4. The van der Waals surface area contributed by atoms with Gasteiger partial charge in [0, 0.05) is 6.54 Å². The molecule has 0 heterocycles. The second-order valence-corrected chi connectivity index (χ2v) is 3.17. The Kier molecular flexibility index (Phi) is 3.76. The van der Waals surface area contributed by atoms with Crippen molar-refractivity contribution >= 4 is 0 Å². The SMILES string of the molecule is CNC[C@H](O)c1cc(O)c(OC)c(O)c1. The largest absolute Gasteiger partial charge is 0.504 e. The molecule has 4 N–H and O–H groups in total. The average molecular weight is 213 g/mol. The lowest BCUT2D eigenvalue weighted by Crippen LogP contribution is -2.16. The van der Waals surface area contributed by atoms with Crippen molar-refractivity contribution < 1.29 is 20.1 Å². The highest BCUT2D eigenvalue weighted by Gasteiger charge is 2.14. The summed E-state index contributed by atoms with van der Waals surface area (Å²) in [5, 5.41) is 31.3. The van der Waals surface area contributed by atoms with E-state index in [9.17, 15) is 15.3 Å². The first-order chi connectivity index (χ1) is 7.10. The third-order valence-corrected chi connectivity index (χ3v) is 2.06. The average Bonchev–Trinajstić information content (AvgIpc) is 2.17. The summed E-state index contributed by atoms with van der Waals surface area (Å²) in [7, 11) is 3.05. The minimum absolute atomic E-state index is 0.00964. The zero-order chi connectivity index (χ0) is 11.4. The normalized spacial score (nSPS) is 12.5. The third kappa shape index (κ3) is 2.51. The highest BCUT2D eigenvalue weighted by atomic mass is 16.5. The number of phenolic OH excluding ortho intramolecular Hbond substituents is 2. The Hall–Kier alpha value is -1.46. The summed E-state index contributed by atoms with van der Waals surface area (Å²) in [5.74, 6) is -0.374. The van der Waals surface area contributed by atoms with Gasteiger partial charge >= 0.3 is 0 Å². The summed E-state index contributed by atoms with van der Waals surface area (Å²) in [6.45, 7) is 0.339. The highest BCUT2D eigenvalue weighted by molar-refractivity contribution is 5.52. The molecule has 0 radical (unpaired) electrons. The number of aromatic hydroxyl groups is 2. The second kappa shape index (κ2) is 4.86. The lowest BCUT2D eigenvalue weighted by Gasteiger charge is -2.13. The summed E-state index contributed by atoms with van der Waals surface area (Å²) in [5.41, 5.74) is 0.431. The molecule has 5 heteroatoms. The smallest absolute Gasteiger partial charge is 0.202 e. The number of aliphatic hydroxyl groups is 1. The summed E-state index contributed by atoms with van der Waals surface area (Å²) in [6.07, 6.45) is -0.780. The van der Waals surface area contributed by atoms with Crippen LogP contribution in [0.2, 0.25) is 0 Å². The zero-order valence-corrected chi connectivity index (χ0v) is 8.69. The van der Waals surface area contributed by atoms with Crippen molar-refractivity contribution in [3.8, 4) is 17.2 Å². The van der Waals surface area contributed by atoms with Gasteiger partial charge in [-0.3, -0.25) is 0 Å². The molecule has 0 spiro atoms.